The standard InChI is InChI=1S/C25H21ClN2O3S/c1-15-12-22-25(16(2)24(15)17-8-10-27-11-9-17)19(18-6-4-5-7-20(18)26)13-21(28-22)23(29)14-32(3,30)31/h4-13H,14H2,1-3H3. The van der Waals surface area contributed by atoms with Gasteiger partial charge < -0.3 is 0 Å². The van der Waals surface area contributed by atoms with Crippen molar-refractivity contribution in [1.29, 1.82) is 0 Å². The maximum atomic E-state index is 12.7. The first-order chi connectivity index (χ1) is 15.2. The SMILES string of the molecule is Cc1cc2nc(C(=O)CS(C)(=O)=O)cc(-c3ccccc3Cl)c2c(C)c1-c1ccncc1. The molecular weight excluding hydrogens is 444 g/mol. The molecular formula is C25H21ClN2O3S. The van der Waals surface area contributed by atoms with Crippen molar-refractivity contribution in [2.75, 3.05) is 12.0 Å². The number of aromatic nitrogens is 2. The minimum Gasteiger partial charge on any atom is -0.291 e. The predicted molar refractivity (Wildman–Crippen MR) is 129 cm³/mol. The lowest BCUT2D eigenvalue weighted by Gasteiger charge is -2.18. The highest BCUT2D eigenvalue weighted by molar-refractivity contribution is 7.91. The molecule has 0 aliphatic carbocycles. The Morgan fingerprint density at radius 1 is 1.00 bits per heavy atom. The molecule has 0 aliphatic heterocycles. The molecule has 4 rings (SSSR count). The maximum Gasteiger partial charge on any atom is 0.196 e. The van der Waals surface area contributed by atoms with Crippen LogP contribution in [-0.4, -0.2) is 36.2 Å². The molecule has 0 atom stereocenters. The number of pyridine rings is 2. The van der Waals surface area contributed by atoms with Crippen LogP contribution in [0.3, 0.4) is 0 Å². The van der Waals surface area contributed by atoms with Crippen LogP contribution < -0.4 is 0 Å². The van der Waals surface area contributed by atoms with Gasteiger partial charge in [0.25, 0.3) is 0 Å². The summed E-state index contributed by atoms with van der Waals surface area (Å²) >= 11 is 6.53. The number of carbonyl (C=O) groups is 1. The minimum atomic E-state index is -3.49. The van der Waals surface area contributed by atoms with Gasteiger partial charge in [0.15, 0.2) is 15.6 Å². The van der Waals surface area contributed by atoms with E-state index in [4.69, 9.17) is 11.6 Å². The van der Waals surface area contributed by atoms with Gasteiger partial charge in [-0.25, -0.2) is 13.4 Å². The lowest BCUT2D eigenvalue weighted by atomic mass is 9.89. The summed E-state index contributed by atoms with van der Waals surface area (Å²) < 4.78 is 23.4. The van der Waals surface area contributed by atoms with E-state index in [9.17, 15) is 13.2 Å². The van der Waals surface area contributed by atoms with Gasteiger partial charge in [-0.15, -0.1) is 0 Å². The second kappa shape index (κ2) is 8.45. The number of benzene rings is 2. The molecule has 4 aromatic rings. The zero-order valence-electron chi connectivity index (χ0n) is 17.9. The number of halogens is 1. The molecule has 162 valence electrons. The molecule has 0 radical (unpaired) electrons. The zero-order valence-corrected chi connectivity index (χ0v) is 19.5. The normalized spacial score (nSPS) is 11.6. The second-order valence-corrected chi connectivity index (χ2v) is 10.4. The van der Waals surface area contributed by atoms with E-state index >= 15 is 0 Å². The molecule has 2 aromatic carbocycles. The van der Waals surface area contributed by atoms with E-state index in [0.29, 0.717) is 10.5 Å². The van der Waals surface area contributed by atoms with Crippen molar-refractivity contribution < 1.29 is 13.2 Å². The number of carbonyl (C=O) groups excluding carboxylic acids is 1. The Morgan fingerprint density at radius 3 is 2.34 bits per heavy atom. The lowest BCUT2D eigenvalue weighted by molar-refractivity contribution is 0.101. The van der Waals surface area contributed by atoms with E-state index in [2.05, 4.69) is 9.97 Å². The summed E-state index contributed by atoms with van der Waals surface area (Å²) in [4.78, 5) is 21.4. The molecule has 0 unspecified atom stereocenters. The number of hydrogen-bond acceptors (Lipinski definition) is 5. The van der Waals surface area contributed by atoms with Crippen molar-refractivity contribution in [1.82, 2.24) is 9.97 Å². The molecule has 0 N–H and O–H groups in total. The van der Waals surface area contributed by atoms with Gasteiger partial charge in [-0.05, 0) is 72.0 Å². The third-order valence-corrected chi connectivity index (χ3v) is 6.47. The van der Waals surface area contributed by atoms with Crippen LogP contribution in [0.1, 0.15) is 21.6 Å². The largest absolute Gasteiger partial charge is 0.291 e. The first kappa shape index (κ1) is 22.1. The first-order valence-electron chi connectivity index (χ1n) is 9.97. The van der Waals surface area contributed by atoms with E-state index in [-0.39, 0.29) is 5.69 Å². The maximum absolute atomic E-state index is 12.7. The van der Waals surface area contributed by atoms with Gasteiger partial charge >= 0.3 is 0 Å². The fourth-order valence-corrected chi connectivity index (χ4v) is 4.93. The van der Waals surface area contributed by atoms with Gasteiger partial charge in [-0.1, -0.05) is 29.8 Å². The Morgan fingerprint density at radius 2 is 1.69 bits per heavy atom. The van der Waals surface area contributed by atoms with E-state index in [0.717, 1.165) is 45.0 Å². The summed E-state index contributed by atoms with van der Waals surface area (Å²) in [5, 5.41) is 1.40. The summed E-state index contributed by atoms with van der Waals surface area (Å²) in [6.07, 6.45) is 4.54. The molecule has 0 saturated heterocycles. The van der Waals surface area contributed by atoms with Gasteiger partial charge in [-0.3, -0.25) is 9.78 Å². The summed E-state index contributed by atoms with van der Waals surface area (Å²) in [5.41, 5.74) is 6.29. The molecule has 2 aromatic heterocycles. The molecule has 0 bridgehead atoms. The molecule has 0 amide bonds. The highest BCUT2D eigenvalue weighted by Crippen LogP contribution is 2.40. The predicted octanol–water partition coefficient (Wildman–Crippen LogP) is 5.46. The van der Waals surface area contributed by atoms with E-state index in [1.807, 2.05) is 50.2 Å². The zero-order chi connectivity index (χ0) is 23.0. The van der Waals surface area contributed by atoms with Gasteiger partial charge in [0, 0.05) is 34.6 Å². The average molecular weight is 465 g/mol. The Labute approximate surface area is 192 Å². The van der Waals surface area contributed by atoms with Gasteiger partial charge in [-0.2, -0.15) is 0 Å². The molecule has 0 saturated carbocycles. The van der Waals surface area contributed by atoms with Crippen molar-refractivity contribution in [3.8, 4) is 22.3 Å². The fourth-order valence-electron chi connectivity index (χ4n) is 4.07. The van der Waals surface area contributed by atoms with Crippen molar-refractivity contribution in [3.05, 3.63) is 82.8 Å². The van der Waals surface area contributed by atoms with Crippen LogP contribution >= 0.6 is 11.6 Å². The summed E-state index contributed by atoms with van der Waals surface area (Å²) in [6.45, 7) is 4.01. The van der Waals surface area contributed by atoms with Crippen molar-refractivity contribution in [2.24, 2.45) is 0 Å². The van der Waals surface area contributed by atoms with E-state index in [1.165, 1.54) is 0 Å². The highest BCUT2D eigenvalue weighted by Gasteiger charge is 2.21. The molecule has 2 heterocycles. The number of rotatable bonds is 5. The third-order valence-electron chi connectivity index (χ3n) is 5.36. The summed E-state index contributed by atoms with van der Waals surface area (Å²) in [7, 11) is -3.49. The van der Waals surface area contributed by atoms with Crippen LogP contribution in [0.5, 0.6) is 0 Å². The van der Waals surface area contributed by atoms with E-state index in [1.54, 1.807) is 24.5 Å². The lowest BCUT2D eigenvalue weighted by Crippen LogP contribution is -2.16. The number of nitrogens with zero attached hydrogens (tertiary/aromatic N) is 2. The Bertz CT molecular complexity index is 1470. The van der Waals surface area contributed by atoms with Crippen LogP contribution in [0.25, 0.3) is 33.2 Å². The highest BCUT2D eigenvalue weighted by atomic mass is 35.5. The van der Waals surface area contributed by atoms with Crippen LogP contribution in [0.2, 0.25) is 5.02 Å². The van der Waals surface area contributed by atoms with Crippen LogP contribution in [0.15, 0.2) is 60.9 Å². The second-order valence-electron chi connectivity index (χ2n) is 7.85. The number of fused-ring (bicyclic) bond motifs is 1. The number of ketones is 1. The number of sulfone groups is 1. The van der Waals surface area contributed by atoms with Crippen LogP contribution in [0.4, 0.5) is 0 Å². The van der Waals surface area contributed by atoms with Crippen molar-refractivity contribution >= 4 is 38.1 Å². The van der Waals surface area contributed by atoms with E-state index < -0.39 is 21.4 Å². The number of hydrogen-bond donors (Lipinski definition) is 0. The number of aryl methyl sites for hydroxylation is 2. The van der Waals surface area contributed by atoms with Crippen LogP contribution in [0, 0.1) is 13.8 Å². The Balaban J connectivity index is 2.08. The molecule has 0 fully saturated rings. The molecule has 7 heteroatoms. The average Bonchev–Trinajstić information content (AvgIpc) is 2.73. The minimum absolute atomic E-state index is 0.105. The summed E-state index contributed by atoms with van der Waals surface area (Å²) in [5.74, 6) is -1.14. The van der Waals surface area contributed by atoms with Gasteiger partial charge in [0.2, 0.25) is 0 Å². The molecule has 32 heavy (non-hydrogen) atoms. The Hall–Kier alpha value is -3.09. The quantitative estimate of drug-likeness (QED) is 0.366. The summed E-state index contributed by atoms with van der Waals surface area (Å²) in [6, 6.07) is 14.9. The topological polar surface area (TPSA) is 77.0 Å². The molecule has 0 spiro atoms. The fraction of sp³-hybridized carbons (Fsp3) is 0.160. The van der Waals surface area contributed by atoms with Gasteiger partial charge in [0.05, 0.1) is 5.52 Å². The Kier molecular flexibility index (Phi) is 5.84. The van der Waals surface area contributed by atoms with Crippen molar-refractivity contribution in [3.63, 3.8) is 0 Å². The first-order valence-corrected chi connectivity index (χ1v) is 12.4. The smallest absolute Gasteiger partial charge is 0.196 e. The third kappa shape index (κ3) is 4.29. The number of Topliss-reactive ketones (excluding diaryl/α,β-unsaturated/α-hetero) is 1. The molecule has 0 aliphatic rings. The van der Waals surface area contributed by atoms with Crippen LogP contribution in [-0.2, 0) is 9.84 Å². The van der Waals surface area contributed by atoms with Gasteiger partial charge in [0.1, 0.15) is 11.4 Å². The monoisotopic (exact) mass is 464 g/mol. The van der Waals surface area contributed by atoms with Crippen molar-refractivity contribution in [2.45, 2.75) is 13.8 Å². The molecule has 5 nitrogen and oxygen atoms in total.